The average Bonchev–Trinajstić information content (AvgIpc) is 3.01. The van der Waals surface area contributed by atoms with Crippen molar-refractivity contribution in [1.82, 2.24) is 9.88 Å². The minimum absolute atomic E-state index is 0.0236. The summed E-state index contributed by atoms with van der Waals surface area (Å²) in [5.41, 5.74) is 0.304. The van der Waals surface area contributed by atoms with E-state index in [1.165, 1.54) is 6.26 Å². The predicted octanol–water partition coefficient (Wildman–Crippen LogP) is 2.50. The lowest BCUT2D eigenvalue weighted by Gasteiger charge is -2.34. The van der Waals surface area contributed by atoms with Crippen molar-refractivity contribution in [2.75, 3.05) is 13.1 Å². The fraction of sp³-hybridized carbons (Fsp3) is 0.412. The third-order valence-electron chi connectivity index (χ3n) is 3.58. The van der Waals surface area contributed by atoms with E-state index < -0.39 is 0 Å². The van der Waals surface area contributed by atoms with Crippen molar-refractivity contribution >= 4 is 5.91 Å². The molecule has 1 aliphatic rings. The molecule has 23 heavy (non-hydrogen) atoms. The molecule has 0 bridgehead atoms. The van der Waals surface area contributed by atoms with Gasteiger partial charge in [-0.2, -0.15) is 0 Å². The molecule has 0 unspecified atom stereocenters. The van der Waals surface area contributed by atoms with Gasteiger partial charge in [-0.3, -0.25) is 4.79 Å². The van der Waals surface area contributed by atoms with Crippen LogP contribution in [0.25, 0.3) is 0 Å². The number of amides is 1. The first-order chi connectivity index (χ1) is 11.1. The average molecular weight is 316 g/mol. The molecule has 122 valence electrons. The highest BCUT2D eigenvalue weighted by Crippen LogP contribution is 2.15. The molecule has 0 radical (unpaired) electrons. The summed E-state index contributed by atoms with van der Waals surface area (Å²) in [5, 5.41) is 0. The van der Waals surface area contributed by atoms with Gasteiger partial charge < -0.3 is 18.8 Å². The van der Waals surface area contributed by atoms with E-state index in [1.54, 1.807) is 4.90 Å². The fourth-order valence-electron chi connectivity index (χ4n) is 2.64. The van der Waals surface area contributed by atoms with Crippen molar-refractivity contribution in [3.05, 3.63) is 48.2 Å². The molecule has 2 atom stereocenters. The lowest BCUT2D eigenvalue weighted by Crippen LogP contribution is -2.48. The molecule has 0 saturated carbocycles. The minimum atomic E-state index is -0.137. The molecule has 0 spiro atoms. The van der Waals surface area contributed by atoms with Gasteiger partial charge in [0.05, 0.1) is 12.2 Å². The second kappa shape index (κ2) is 6.83. The molecule has 1 saturated heterocycles. The van der Waals surface area contributed by atoms with Gasteiger partial charge in [0.2, 0.25) is 5.89 Å². The van der Waals surface area contributed by atoms with Gasteiger partial charge in [0.25, 0.3) is 5.91 Å². The first kappa shape index (κ1) is 15.6. The molecule has 1 amide bonds. The van der Waals surface area contributed by atoms with Gasteiger partial charge in [0.1, 0.15) is 12.0 Å². The Morgan fingerprint density at radius 3 is 2.65 bits per heavy atom. The summed E-state index contributed by atoms with van der Waals surface area (Å²) < 4.78 is 16.5. The summed E-state index contributed by atoms with van der Waals surface area (Å²) >= 11 is 0. The molecule has 3 rings (SSSR count). The highest BCUT2D eigenvalue weighted by Gasteiger charge is 2.28. The Hall–Kier alpha value is -2.34. The maximum absolute atomic E-state index is 12.5. The summed E-state index contributed by atoms with van der Waals surface area (Å²) in [5.74, 6) is 0.975. The molecule has 6 heteroatoms. The monoisotopic (exact) mass is 316 g/mol. The Kier molecular flexibility index (Phi) is 4.62. The second-order valence-corrected chi connectivity index (χ2v) is 5.70. The molecule has 1 fully saturated rings. The molecule has 2 heterocycles. The molecule has 2 aromatic rings. The van der Waals surface area contributed by atoms with Crippen molar-refractivity contribution in [1.29, 1.82) is 0 Å². The van der Waals surface area contributed by atoms with Crippen molar-refractivity contribution in [3.8, 4) is 5.75 Å². The van der Waals surface area contributed by atoms with Gasteiger partial charge in [0, 0.05) is 13.1 Å². The lowest BCUT2D eigenvalue weighted by atomic mass is 10.2. The van der Waals surface area contributed by atoms with E-state index in [2.05, 4.69) is 4.98 Å². The number of oxazole rings is 1. The zero-order valence-corrected chi connectivity index (χ0v) is 13.3. The van der Waals surface area contributed by atoms with Crippen molar-refractivity contribution in [2.24, 2.45) is 0 Å². The highest BCUT2D eigenvalue weighted by molar-refractivity contribution is 5.92. The summed E-state index contributed by atoms with van der Waals surface area (Å²) in [7, 11) is 0. The summed E-state index contributed by atoms with van der Waals surface area (Å²) in [6.07, 6.45) is 1.43. The predicted molar refractivity (Wildman–Crippen MR) is 83.2 cm³/mol. The van der Waals surface area contributed by atoms with Crippen LogP contribution in [0.1, 0.15) is 30.2 Å². The third-order valence-corrected chi connectivity index (χ3v) is 3.58. The van der Waals surface area contributed by atoms with E-state index in [1.807, 2.05) is 44.2 Å². The molecule has 6 nitrogen and oxygen atoms in total. The van der Waals surface area contributed by atoms with Gasteiger partial charge in [-0.15, -0.1) is 0 Å². The number of rotatable bonds is 4. The largest absolute Gasteiger partial charge is 0.484 e. The van der Waals surface area contributed by atoms with Crippen LogP contribution >= 0.6 is 0 Å². The lowest BCUT2D eigenvalue weighted by molar-refractivity contribution is -0.0587. The number of morpholine rings is 1. The zero-order valence-electron chi connectivity index (χ0n) is 13.3. The van der Waals surface area contributed by atoms with Crippen LogP contribution in [0.15, 0.2) is 41.0 Å². The standard InChI is InChI=1S/C17H20N2O4/c1-12-8-19(9-13(2)23-12)17(20)15-10-22-16(18-15)11-21-14-6-4-3-5-7-14/h3-7,10,12-13H,8-9,11H2,1-2H3/t12-,13+. The molecule has 0 N–H and O–H groups in total. The third kappa shape index (κ3) is 3.90. The molecule has 1 aromatic carbocycles. The Morgan fingerprint density at radius 1 is 1.26 bits per heavy atom. The first-order valence-electron chi connectivity index (χ1n) is 7.69. The SMILES string of the molecule is C[C@@H]1CN(C(=O)c2coc(COc3ccccc3)n2)C[C@H](C)O1. The van der Waals surface area contributed by atoms with Crippen molar-refractivity contribution < 1.29 is 18.7 Å². The Morgan fingerprint density at radius 2 is 1.96 bits per heavy atom. The number of carbonyl (C=O) groups excluding carboxylic acids is 1. The summed E-state index contributed by atoms with van der Waals surface area (Å²) in [6, 6.07) is 9.40. The Bertz CT molecular complexity index is 646. The second-order valence-electron chi connectivity index (χ2n) is 5.70. The summed E-state index contributed by atoms with van der Waals surface area (Å²) in [6.45, 7) is 5.22. The number of ether oxygens (including phenoxy) is 2. The number of aromatic nitrogens is 1. The number of hydrogen-bond donors (Lipinski definition) is 0. The zero-order chi connectivity index (χ0) is 16.2. The van der Waals surface area contributed by atoms with Crippen molar-refractivity contribution in [2.45, 2.75) is 32.7 Å². The van der Waals surface area contributed by atoms with Gasteiger partial charge in [-0.1, -0.05) is 18.2 Å². The van der Waals surface area contributed by atoms with Gasteiger partial charge in [-0.05, 0) is 26.0 Å². The summed E-state index contributed by atoms with van der Waals surface area (Å²) in [4.78, 5) is 18.5. The number of nitrogens with zero attached hydrogens (tertiary/aromatic N) is 2. The van der Waals surface area contributed by atoms with E-state index in [4.69, 9.17) is 13.9 Å². The number of hydrogen-bond acceptors (Lipinski definition) is 5. The van der Waals surface area contributed by atoms with Crippen LogP contribution in [0.4, 0.5) is 0 Å². The van der Waals surface area contributed by atoms with E-state index in [0.29, 0.717) is 24.7 Å². The van der Waals surface area contributed by atoms with Crippen LogP contribution < -0.4 is 4.74 Å². The Balaban J connectivity index is 1.61. The Labute approximate surface area is 135 Å². The molecular weight excluding hydrogens is 296 g/mol. The topological polar surface area (TPSA) is 64.8 Å². The van der Waals surface area contributed by atoms with E-state index in [0.717, 1.165) is 5.75 Å². The molecule has 0 aliphatic carbocycles. The van der Waals surface area contributed by atoms with E-state index in [-0.39, 0.29) is 24.7 Å². The molecular formula is C17H20N2O4. The van der Waals surface area contributed by atoms with Crippen LogP contribution in [0.2, 0.25) is 0 Å². The number of benzene rings is 1. The van der Waals surface area contributed by atoms with Crippen LogP contribution in [0.5, 0.6) is 5.75 Å². The van der Waals surface area contributed by atoms with Gasteiger partial charge >= 0.3 is 0 Å². The molecule has 1 aliphatic heterocycles. The van der Waals surface area contributed by atoms with Crippen LogP contribution in [0.3, 0.4) is 0 Å². The maximum atomic E-state index is 12.5. The fourth-order valence-corrected chi connectivity index (χ4v) is 2.64. The molecule has 1 aromatic heterocycles. The van der Waals surface area contributed by atoms with E-state index in [9.17, 15) is 4.79 Å². The number of para-hydroxylation sites is 1. The first-order valence-corrected chi connectivity index (χ1v) is 7.69. The quantitative estimate of drug-likeness (QED) is 0.867. The number of carbonyl (C=O) groups is 1. The minimum Gasteiger partial charge on any atom is -0.484 e. The van der Waals surface area contributed by atoms with Crippen molar-refractivity contribution in [3.63, 3.8) is 0 Å². The van der Waals surface area contributed by atoms with E-state index >= 15 is 0 Å². The van der Waals surface area contributed by atoms with Gasteiger partial charge in [-0.25, -0.2) is 4.98 Å². The van der Waals surface area contributed by atoms with Crippen LogP contribution in [-0.4, -0.2) is 41.1 Å². The van der Waals surface area contributed by atoms with Crippen LogP contribution in [0, 0.1) is 0 Å². The van der Waals surface area contributed by atoms with Gasteiger partial charge in [0.15, 0.2) is 12.3 Å². The maximum Gasteiger partial charge on any atom is 0.275 e. The normalized spacial score (nSPS) is 21.2. The highest BCUT2D eigenvalue weighted by atomic mass is 16.5. The smallest absolute Gasteiger partial charge is 0.275 e. The van der Waals surface area contributed by atoms with Crippen LogP contribution in [-0.2, 0) is 11.3 Å².